The van der Waals surface area contributed by atoms with Crippen LogP contribution in [-0.2, 0) is 11.0 Å². The predicted molar refractivity (Wildman–Crippen MR) is 109 cm³/mol. The fourth-order valence-corrected chi connectivity index (χ4v) is 2.76. The number of rotatable bonds is 7. The van der Waals surface area contributed by atoms with Crippen LogP contribution in [0.2, 0.25) is 0 Å². The molecule has 0 saturated carbocycles. The average molecular weight is 445 g/mol. The van der Waals surface area contributed by atoms with Gasteiger partial charge in [-0.25, -0.2) is 4.68 Å². The molecule has 3 aromatic rings. The Labute approximate surface area is 180 Å². The maximum atomic E-state index is 12.7. The van der Waals surface area contributed by atoms with Crippen LogP contribution in [0.4, 0.5) is 18.9 Å². The van der Waals surface area contributed by atoms with Gasteiger partial charge in [0.15, 0.2) is 5.69 Å². The Hall–Kier alpha value is -4.15. The maximum Gasteiger partial charge on any atom is 0.435 e. The van der Waals surface area contributed by atoms with E-state index in [0.29, 0.717) is 5.69 Å². The summed E-state index contributed by atoms with van der Waals surface area (Å²) in [4.78, 5) is 35.7. The van der Waals surface area contributed by atoms with E-state index in [1.54, 1.807) is 12.1 Å². The van der Waals surface area contributed by atoms with E-state index in [-0.39, 0.29) is 29.8 Å². The third-order valence-electron chi connectivity index (χ3n) is 4.35. The first kappa shape index (κ1) is 22.5. The fourth-order valence-electron chi connectivity index (χ4n) is 2.76. The molecular formula is C21H18F3N5O3. The third-order valence-corrected chi connectivity index (χ3v) is 4.35. The van der Waals surface area contributed by atoms with Crippen molar-refractivity contribution in [2.24, 2.45) is 5.73 Å². The molecule has 32 heavy (non-hydrogen) atoms. The number of primary amides is 1. The van der Waals surface area contributed by atoms with E-state index in [9.17, 15) is 27.6 Å². The molecule has 0 fully saturated rings. The molecule has 0 radical (unpaired) electrons. The van der Waals surface area contributed by atoms with Crippen molar-refractivity contribution in [3.05, 3.63) is 77.6 Å². The second-order valence-electron chi connectivity index (χ2n) is 6.66. The molecule has 166 valence electrons. The minimum atomic E-state index is -4.55. The minimum absolute atomic E-state index is 0.0205. The van der Waals surface area contributed by atoms with E-state index in [0.717, 1.165) is 10.7 Å². The lowest BCUT2D eigenvalue weighted by molar-refractivity contribution is -0.141. The number of hydrogen-bond donors (Lipinski definition) is 3. The first-order valence-electron chi connectivity index (χ1n) is 9.35. The molecule has 11 heteroatoms. The Kier molecular flexibility index (Phi) is 6.57. The van der Waals surface area contributed by atoms with Crippen LogP contribution in [-0.4, -0.2) is 34.0 Å². The molecule has 0 atom stereocenters. The van der Waals surface area contributed by atoms with Crippen LogP contribution >= 0.6 is 0 Å². The molecule has 1 aromatic heterocycles. The zero-order valence-corrected chi connectivity index (χ0v) is 16.5. The van der Waals surface area contributed by atoms with Crippen LogP contribution in [0.25, 0.3) is 5.69 Å². The molecule has 0 unspecified atom stereocenters. The van der Waals surface area contributed by atoms with Gasteiger partial charge in [-0.1, -0.05) is 12.1 Å². The highest BCUT2D eigenvalue weighted by Crippen LogP contribution is 2.28. The van der Waals surface area contributed by atoms with E-state index in [2.05, 4.69) is 15.7 Å². The smallest absolute Gasteiger partial charge is 0.370 e. The summed E-state index contributed by atoms with van der Waals surface area (Å²) in [5.41, 5.74) is 5.02. The Morgan fingerprint density at radius 3 is 2.28 bits per heavy atom. The Morgan fingerprint density at radius 2 is 1.66 bits per heavy atom. The summed E-state index contributed by atoms with van der Waals surface area (Å²) in [6.07, 6.45) is -3.40. The average Bonchev–Trinajstić information content (AvgIpc) is 3.25. The van der Waals surface area contributed by atoms with E-state index >= 15 is 0 Å². The number of halogens is 3. The molecule has 0 aliphatic heterocycles. The van der Waals surface area contributed by atoms with E-state index in [1.807, 2.05) is 0 Å². The first-order valence-corrected chi connectivity index (χ1v) is 9.35. The van der Waals surface area contributed by atoms with Gasteiger partial charge in [0, 0.05) is 24.7 Å². The van der Waals surface area contributed by atoms with Crippen molar-refractivity contribution in [2.75, 3.05) is 11.9 Å². The molecule has 2 aromatic carbocycles. The predicted octanol–water partition coefficient (Wildman–Crippen LogP) is 2.75. The molecule has 0 aliphatic carbocycles. The van der Waals surface area contributed by atoms with Crippen molar-refractivity contribution in [3.63, 3.8) is 0 Å². The Bertz CT molecular complexity index is 1140. The molecule has 4 N–H and O–H groups in total. The van der Waals surface area contributed by atoms with Gasteiger partial charge in [-0.05, 0) is 42.5 Å². The van der Waals surface area contributed by atoms with Gasteiger partial charge in [-0.15, -0.1) is 0 Å². The number of amides is 3. The van der Waals surface area contributed by atoms with Gasteiger partial charge in [-0.3, -0.25) is 14.4 Å². The van der Waals surface area contributed by atoms with E-state index < -0.39 is 29.6 Å². The summed E-state index contributed by atoms with van der Waals surface area (Å²) in [5.74, 6) is -1.57. The third kappa shape index (κ3) is 5.50. The largest absolute Gasteiger partial charge is 0.435 e. The standard InChI is InChI=1S/C21H18F3N5O3/c22-21(23,24)17-10-12-29(28-17)14-7-5-13(6-8-14)19(31)27-16-4-2-1-3-15(16)20(32)26-11-9-18(25)30/h1-8,10,12H,9,11H2,(H2,25,30)(H,26,32)(H,27,31). The molecule has 3 amide bonds. The highest BCUT2D eigenvalue weighted by molar-refractivity contribution is 6.09. The van der Waals surface area contributed by atoms with Gasteiger partial charge in [0.25, 0.3) is 11.8 Å². The highest BCUT2D eigenvalue weighted by atomic mass is 19.4. The topological polar surface area (TPSA) is 119 Å². The zero-order valence-electron chi connectivity index (χ0n) is 16.5. The van der Waals surface area contributed by atoms with Gasteiger partial charge >= 0.3 is 6.18 Å². The fraction of sp³-hybridized carbons (Fsp3) is 0.143. The minimum Gasteiger partial charge on any atom is -0.370 e. The van der Waals surface area contributed by atoms with Gasteiger partial charge < -0.3 is 16.4 Å². The SMILES string of the molecule is NC(=O)CCNC(=O)c1ccccc1NC(=O)c1ccc(-n2ccc(C(F)(F)F)n2)cc1. The number of nitrogens with two attached hydrogens (primary N) is 1. The Morgan fingerprint density at radius 1 is 0.969 bits per heavy atom. The maximum absolute atomic E-state index is 12.7. The lowest BCUT2D eigenvalue weighted by Gasteiger charge is -2.11. The molecule has 0 spiro atoms. The summed E-state index contributed by atoms with van der Waals surface area (Å²) in [6.45, 7) is 0.0569. The molecule has 8 nitrogen and oxygen atoms in total. The monoisotopic (exact) mass is 445 g/mol. The van der Waals surface area contributed by atoms with Crippen molar-refractivity contribution < 1.29 is 27.6 Å². The number of benzene rings is 2. The molecule has 0 saturated heterocycles. The van der Waals surface area contributed by atoms with Crippen LogP contribution < -0.4 is 16.4 Å². The van der Waals surface area contributed by atoms with Gasteiger partial charge in [-0.2, -0.15) is 18.3 Å². The van der Waals surface area contributed by atoms with Crippen molar-refractivity contribution in [2.45, 2.75) is 12.6 Å². The number of alkyl halides is 3. The number of nitrogens with zero attached hydrogens (tertiary/aromatic N) is 2. The van der Waals surface area contributed by atoms with Crippen LogP contribution in [0, 0.1) is 0 Å². The molecule has 0 aliphatic rings. The summed E-state index contributed by atoms with van der Waals surface area (Å²) < 4.78 is 39.2. The normalized spacial score (nSPS) is 11.1. The zero-order chi connectivity index (χ0) is 23.3. The van der Waals surface area contributed by atoms with Crippen molar-refractivity contribution in [1.82, 2.24) is 15.1 Å². The van der Waals surface area contributed by atoms with E-state index in [4.69, 9.17) is 5.73 Å². The van der Waals surface area contributed by atoms with Crippen LogP contribution in [0.3, 0.4) is 0 Å². The van der Waals surface area contributed by atoms with Crippen molar-refractivity contribution in [1.29, 1.82) is 0 Å². The quantitative estimate of drug-likeness (QED) is 0.518. The lowest BCUT2D eigenvalue weighted by Crippen LogP contribution is -2.28. The van der Waals surface area contributed by atoms with Crippen molar-refractivity contribution >= 4 is 23.4 Å². The number of aromatic nitrogens is 2. The number of carbonyl (C=O) groups excluding carboxylic acids is 3. The number of nitrogens with one attached hydrogen (secondary N) is 2. The van der Waals surface area contributed by atoms with Crippen LogP contribution in [0.15, 0.2) is 60.8 Å². The summed E-state index contributed by atoms with van der Waals surface area (Å²) in [6, 6.07) is 12.9. The summed E-state index contributed by atoms with van der Waals surface area (Å²) in [5, 5.41) is 8.65. The molecule has 3 rings (SSSR count). The lowest BCUT2D eigenvalue weighted by atomic mass is 10.1. The summed E-state index contributed by atoms with van der Waals surface area (Å²) in [7, 11) is 0. The number of para-hydroxylation sites is 1. The molecule has 0 bridgehead atoms. The number of hydrogen-bond acceptors (Lipinski definition) is 4. The van der Waals surface area contributed by atoms with Crippen LogP contribution in [0.1, 0.15) is 32.8 Å². The second-order valence-corrected chi connectivity index (χ2v) is 6.66. The number of anilines is 1. The number of carbonyl (C=O) groups is 3. The molecule has 1 heterocycles. The van der Waals surface area contributed by atoms with Gasteiger partial charge in [0.1, 0.15) is 0 Å². The second kappa shape index (κ2) is 9.33. The van der Waals surface area contributed by atoms with Crippen LogP contribution in [0.5, 0.6) is 0 Å². The highest BCUT2D eigenvalue weighted by Gasteiger charge is 2.33. The van der Waals surface area contributed by atoms with Crippen molar-refractivity contribution in [3.8, 4) is 5.69 Å². The summed E-state index contributed by atoms with van der Waals surface area (Å²) >= 11 is 0. The van der Waals surface area contributed by atoms with Gasteiger partial charge in [0.05, 0.1) is 16.9 Å². The molecular weight excluding hydrogens is 427 g/mol. The first-order chi connectivity index (χ1) is 15.1. The van der Waals surface area contributed by atoms with E-state index in [1.165, 1.54) is 42.6 Å². The Balaban J connectivity index is 1.71. The van der Waals surface area contributed by atoms with Gasteiger partial charge in [0.2, 0.25) is 5.91 Å².